The lowest BCUT2D eigenvalue weighted by Crippen LogP contribution is -2.44. The van der Waals surface area contributed by atoms with Gasteiger partial charge in [0.1, 0.15) is 11.6 Å². The van der Waals surface area contributed by atoms with E-state index in [1.165, 1.54) is 25.7 Å². The molecule has 21 heavy (non-hydrogen) atoms. The first-order valence-corrected chi connectivity index (χ1v) is 7.52. The standard InChI is InChI=1S/C16H23FN2O2/c1-21-13-7-8-14(15(17)11-13)16(20)19(10-9-18)12-5-3-2-4-6-12/h7-8,11-12H,2-6,9-10,18H2,1H3. The number of carbonyl (C=O) groups excluding carboxylic acids is 1. The Bertz CT molecular complexity index is 487. The van der Waals surface area contributed by atoms with Crippen LogP contribution >= 0.6 is 0 Å². The summed E-state index contributed by atoms with van der Waals surface area (Å²) < 4.78 is 19.1. The lowest BCUT2D eigenvalue weighted by Gasteiger charge is -2.34. The topological polar surface area (TPSA) is 55.6 Å². The third kappa shape index (κ3) is 3.73. The number of benzene rings is 1. The minimum absolute atomic E-state index is 0.0924. The molecule has 1 aliphatic carbocycles. The van der Waals surface area contributed by atoms with E-state index in [9.17, 15) is 9.18 Å². The molecule has 0 heterocycles. The molecule has 1 aliphatic rings. The molecule has 0 aromatic heterocycles. The van der Waals surface area contributed by atoms with Gasteiger partial charge in [-0.15, -0.1) is 0 Å². The van der Waals surface area contributed by atoms with Crippen LogP contribution in [-0.2, 0) is 0 Å². The van der Waals surface area contributed by atoms with Crippen LogP contribution in [0.3, 0.4) is 0 Å². The number of methoxy groups -OCH3 is 1. The highest BCUT2D eigenvalue weighted by Crippen LogP contribution is 2.25. The molecule has 5 heteroatoms. The Kier molecular flexibility index (Phi) is 5.56. The average Bonchev–Trinajstić information content (AvgIpc) is 2.52. The van der Waals surface area contributed by atoms with E-state index in [2.05, 4.69) is 0 Å². The maximum Gasteiger partial charge on any atom is 0.257 e. The molecule has 1 aromatic carbocycles. The first-order chi connectivity index (χ1) is 10.2. The highest BCUT2D eigenvalue weighted by molar-refractivity contribution is 5.94. The molecule has 0 bridgehead atoms. The zero-order valence-electron chi connectivity index (χ0n) is 12.5. The number of carbonyl (C=O) groups is 1. The first kappa shape index (κ1) is 15.8. The molecule has 0 spiro atoms. The largest absolute Gasteiger partial charge is 0.497 e. The van der Waals surface area contributed by atoms with Crippen molar-refractivity contribution in [2.45, 2.75) is 38.1 Å². The van der Waals surface area contributed by atoms with Gasteiger partial charge in [0.2, 0.25) is 0 Å². The van der Waals surface area contributed by atoms with Crippen LogP contribution in [0, 0.1) is 5.82 Å². The number of amides is 1. The van der Waals surface area contributed by atoms with Crippen LogP contribution in [0.5, 0.6) is 5.75 Å². The van der Waals surface area contributed by atoms with Gasteiger partial charge in [-0.2, -0.15) is 0 Å². The van der Waals surface area contributed by atoms with Crippen molar-refractivity contribution in [2.24, 2.45) is 5.73 Å². The van der Waals surface area contributed by atoms with Gasteiger partial charge in [-0.3, -0.25) is 4.79 Å². The molecule has 0 radical (unpaired) electrons. The van der Waals surface area contributed by atoms with Crippen molar-refractivity contribution < 1.29 is 13.9 Å². The number of ether oxygens (including phenoxy) is 1. The van der Waals surface area contributed by atoms with Gasteiger partial charge < -0.3 is 15.4 Å². The minimum Gasteiger partial charge on any atom is -0.497 e. The van der Waals surface area contributed by atoms with Gasteiger partial charge in [0.15, 0.2) is 0 Å². The number of hydrogen-bond donors (Lipinski definition) is 1. The van der Waals surface area contributed by atoms with E-state index in [-0.39, 0.29) is 17.5 Å². The molecule has 4 nitrogen and oxygen atoms in total. The fourth-order valence-corrected chi connectivity index (χ4v) is 2.93. The van der Waals surface area contributed by atoms with Crippen molar-refractivity contribution >= 4 is 5.91 Å². The fourth-order valence-electron chi connectivity index (χ4n) is 2.93. The van der Waals surface area contributed by atoms with Crippen molar-refractivity contribution in [1.82, 2.24) is 4.90 Å². The minimum atomic E-state index is -0.544. The molecule has 1 saturated carbocycles. The Morgan fingerprint density at radius 2 is 2.10 bits per heavy atom. The number of rotatable bonds is 5. The van der Waals surface area contributed by atoms with Gasteiger partial charge in [-0.05, 0) is 25.0 Å². The van der Waals surface area contributed by atoms with Crippen molar-refractivity contribution in [3.05, 3.63) is 29.6 Å². The maximum absolute atomic E-state index is 14.1. The highest BCUT2D eigenvalue weighted by atomic mass is 19.1. The Balaban J connectivity index is 2.21. The summed E-state index contributed by atoms with van der Waals surface area (Å²) in [6, 6.07) is 4.52. The van der Waals surface area contributed by atoms with Crippen LogP contribution < -0.4 is 10.5 Å². The van der Waals surface area contributed by atoms with E-state index in [4.69, 9.17) is 10.5 Å². The lowest BCUT2D eigenvalue weighted by molar-refractivity contribution is 0.0637. The summed E-state index contributed by atoms with van der Waals surface area (Å²) in [5.74, 6) is -0.406. The first-order valence-electron chi connectivity index (χ1n) is 7.52. The van der Waals surface area contributed by atoms with Gasteiger partial charge in [-0.1, -0.05) is 19.3 Å². The highest BCUT2D eigenvalue weighted by Gasteiger charge is 2.27. The third-order valence-electron chi connectivity index (χ3n) is 4.05. The summed E-state index contributed by atoms with van der Waals surface area (Å²) in [6.45, 7) is 0.856. The zero-order chi connectivity index (χ0) is 15.2. The molecule has 1 aromatic rings. The van der Waals surface area contributed by atoms with Crippen LogP contribution in [-0.4, -0.2) is 37.0 Å². The fraction of sp³-hybridized carbons (Fsp3) is 0.562. The van der Waals surface area contributed by atoms with Crippen molar-refractivity contribution in [2.75, 3.05) is 20.2 Å². The van der Waals surface area contributed by atoms with Gasteiger partial charge in [0.05, 0.1) is 12.7 Å². The monoisotopic (exact) mass is 294 g/mol. The van der Waals surface area contributed by atoms with E-state index in [0.717, 1.165) is 25.7 Å². The summed E-state index contributed by atoms with van der Waals surface area (Å²) in [7, 11) is 1.47. The van der Waals surface area contributed by atoms with Gasteiger partial charge >= 0.3 is 0 Å². The predicted molar refractivity (Wildman–Crippen MR) is 79.9 cm³/mol. The van der Waals surface area contributed by atoms with Crippen molar-refractivity contribution in [3.8, 4) is 5.75 Å². The number of nitrogens with zero attached hydrogens (tertiary/aromatic N) is 1. The molecule has 0 unspecified atom stereocenters. The second kappa shape index (κ2) is 7.41. The smallest absolute Gasteiger partial charge is 0.257 e. The maximum atomic E-state index is 14.1. The Labute approximate surface area is 125 Å². The quantitative estimate of drug-likeness (QED) is 0.908. The van der Waals surface area contributed by atoms with E-state index in [1.54, 1.807) is 11.0 Å². The predicted octanol–water partition coefficient (Wildman–Crippen LogP) is 2.57. The molecule has 0 atom stereocenters. The summed E-state index contributed by atoms with van der Waals surface area (Å²) >= 11 is 0. The molecule has 0 saturated heterocycles. The Morgan fingerprint density at radius 3 is 2.67 bits per heavy atom. The van der Waals surface area contributed by atoms with E-state index in [1.807, 2.05) is 0 Å². The Morgan fingerprint density at radius 1 is 1.38 bits per heavy atom. The van der Waals surface area contributed by atoms with Crippen LogP contribution in [0.25, 0.3) is 0 Å². The summed E-state index contributed by atoms with van der Waals surface area (Å²) in [5, 5.41) is 0. The molecule has 2 N–H and O–H groups in total. The molecule has 0 aliphatic heterocycles. The normalized spacial score (nSPS) is 15.8. The number of hydrogen-bond acceptors (Lipinski definition) is 3. The molecular weight excluding hydrogens is 271 g/mol. The van der Waals surface area contributed by atoms with E-state index < -0.39 is 5.82 Å². The molecule has 2 rings (SSSR count). The summed E-state index contributed by atoms with van der Waals surface area (Å²) in [5.41, 5.74) is 5.72. The van der Waals surface area contributed by atoms with Gasteiger partial charge in [0.25, 0.3) is 5.91 Å². The van der Waals surface area contributed by atoms with E-state index in [0.29, 0.717) is 18.8 Å². The van der Waals surface area contributed by atoms with Gasteiger partial charge in [-0.25, -0.2) is 4.39 Å². The third-order valence-corrected chi connectivity index (χ3v) is 4.05. The van der Waals surface area contributed by atoms with Crippen LogP contribution in [0.15, 0.2) is 18.2 Å². The SMILES string of the molecule is COc1ccc(C(=O)N(CCN)C2CCCCC2)c(F)c1. The van der Waals surface area contributed by atoms with Crippen molar-refractivity contribution in [3.63, 3.8) is 0 Å². The zero-order valence-corrected chi connectivity index (χ0v) is 12.5. The molecule has 1 fully saturated rings. The summed E-state index contributed by atoms with van der Waals surface area (Å²) in [4.78, 5) is 14.4. The average molecular weight is 294 g/mol. The van der Waals surface area contributed by atoms with Crippen molar-refractivity contribution in [1.29, 1.82) is 0 Å². The van der Waals surface area contributed by atoms with Crippen LogP contribution in [0.4, 0.5) is 4.39 Å². The van der Waals surface area contributed by atoms with E-state index >= 15 is 0 Å². The van der Waals surface area contributed by atoms with Gasteiger partial charge in [0, 0.05) is 25.2 Å². The van der Waals surface area contributed by atoms with Crippen LogP contribution in [0.2, 0.25) is 0 Å². The Hall–Kier alpha value is -1.62. The summed E-state index contributed by atoms with van der Waals surface area (Å²) in [6.07, 6.45) is 5.39. The molecule has 1 amide bonds. The number of nitrogens with two attached hydrogens (primary N) is 1. The molecule has 116 valence electrons. The lowest BCUT2D eigenvalue weighted by atomic mass is 9.93. The molecular formula is C16H23FN2O2. The second-order valence-electron chi connectivity index (χ2n) is 5.42. The number of halogens is 1. The second-order valence-corrected chi connectivity index (χ2v) is 5.42. The van der Waals surface area contributed by atoms with Crippen LogP contribution in [0.1, 0.15) is 42.5 Å².